The van der Waals surface area contributed by atoms with Crippen LogP contribution >= 0.6 is 11.6 Å². The van der Waals surface area contributed by atoms with Crippen molar-refractivity contribution >= 4 is 39.9 Å². The van der Waals surface area contributed by atoms with E-state index in [1.807, 2.05) is 19.1 Å². The average Bonchev–Trinajstić information content (AvgIpc) is 2.58. The summed E-state index contributed by atoms with van der Waals surface area (Å²) in [5.74, 6) is -0.409. The lowest BCUT2D eigenvalue weighted by Crippen LogP contribution is -2.20. The molecule has 3 rings (SSSR count). The van der Waals surface area contributed by atoms with Gasteiger partial charge in [-0.15, -0.1) is 0 Å². The van der Waals surface area contributed by atoms with E-state index in [9.17, 15) is 9.59 Å². The number of rotatable bonds is 4. The summed E-state index contributed by atoms with van der Waals surface area (Å²) < 4.78 is 5.30. The average molecular weight is 343 g/mol. The Kier molecular flexibility index (Phi) is 4.53. The van der Waals surface area contributed by atoms with Crippen LogP contribution in [0.15, 0.2) is 57.7 Å². The maximum atomic E-state index is 12.4. The fourth-order valence-corrected chi connectivity index (χ4v) is 2.54. The number of anilines is 2. The highest BCUT2D eigenvalue weighted by atomic mass is 35.5. The van der Waals surface area contributed by atoms with Gasteiger partial charge in [-0.3, -0.25) is 4.79 Å². The first-order valence-corrected chi connectivity index (χ1v) is 7.84. The Morgan fingerprint density at radius 2 is 1.79 bits per heavy atom. The number of benzene rings is 2. The van der Waals surface area contributed by atoms with Crippen LogP contribution in [0, 0.1) is 0 Å². The highest BCUT2D eigenvalue weighted by Crippen LogP contribution is 2.28. The van der Waals surface area contributed by atoms with Gasteiger partial charge in [0.1, 0.15) is 5.58 Å². The lowest BCUT2D eigenvalue weighted by Gasteiger charge is -2.13. The van der Waals surface area contributed by atoms with E-state index < -0.39 is 11.5 Å². The molecule has 1 aromatic heterocycles. The lowest BCUT2D eigenvalue weighted by atomic mass is 10.1. The van der Waals surface area contributed by atoms with Crippen LogP contribution in [0.25, 0.3) is 11.0 Å². The molecule has 2 N–H and O–H groups in total. The zero-order valence-electron chi connectivity index (χ0n) is 12.9. The third-order valence-corrected chi connectivity index (χ3v) is 3.76. The zero-order chi connectivity index (χ0) is 17.1. The molecule has 122 valence electrons. The van der Waals surface area contributed by atoms with E-state index in [0.717, 1.165) is 5.39 Å². The summed E-state index contributed by atoms with van der Waals surface area (Å²) in [7, 11) is 0. The lowest BCUT2D eigenvalue weighted by molar-refractivity contribution is 0.102. The van der Waals surface area contributed by atoms with Gasteiger partial charge in [0.15, 0.2) is 5.69 Å². The Balaban J connectivity index is 2.06. The summed E-state index contributed by atoms with van der Waals surface area (Å²) in [6, 6.07) is 13.6. The molecule has 2 aromatic carbocycles. The van der Waals surface area contributed by atoms with E-state index >= 15 is 0 Å². The molecule has 1 heterocycles. The minimum Gasteiger partial charge on any atom is -0.421 e. The molecular weight excluding hydrogens is 328 g/mol. The van der Waals surface area contributed by atoms with Crippen molar-refractivity contribution in [1.82, 2.24) is 0 Å². The molecule has 0 radical (unpaired) electrons. The number of hydrogen-bond donors (Lipinski definition) is 2. The van der Waals surface area contributed by atoms with Gasteiger partial charge in [0, 0.05) is 22.5 Å². The van der Waals surface area contributed by atoms with Crippen LogP contribution in [0.1, 0.15) is 17.3 Å². The summed E-state index contributed by atoms with van der Waals surface area (Å²) >= 11 is 5.83. The molecule has 0 fully saturated rings. The first kappa shape index (κ1) is 16.1. The van der Waals surface area contributed by atoms with Crippen molar-refractivity contribution in [3.05, 3.63) is 69.5 Å². The highest BCUT2D eigenvalue weighted by Gasteiger charge is 2.17. The van der Waals surface area contributed by atoms with E-state index in [-0.39, 0.29) is 5.69 Å². The molecule has 1 amide bonds. The number of hydrogen-bond acceptors (Lipinski definition) is 4. The molecule has 0 saturated heterocycles. The maximum absolute atomic E-state index is 12.4. The normalized spacial score (nSPS) is 10.6. The van der Waals surface area contributed by atoms with Crippen molar-refractivity contribution in [2.75, 3.05) is 17.2 Å². The number of nitrogens with one attached hydrogen (secondary N) is 2. The van der Waals surface area contributed by atoms with Gasteiger partial charge in [-0.05, 0) is 43.3 Å². The van der Waals surface area contributed by atoms with Gasteiger partial charge in [-0.25, -0.2) is 4.79 Å². The quantitative estimate of drug-likeness (QED) is 0.699. The van der Waals surface area contributed by atoms with Gasteiger partial charge in [-0.1, -0.05) is 23.7 Å². The number of fused-ring (bicyclic) bond motifs is 1. The molecule has 0 atom stereocenters. The molecule has 5 nitrogen and oxygen atoms in total. The zero-order valence-corrected chi connectivity index (χ0v) is 13.7. The van der Waals surface area contributed by atoms with Crippen LogP contribution in [0.3, 0.4) is 0 Å². The second-order valence-corrected chi connectivity index (χ2v) is 5.56. The fourth-order valence-electron chi connectivity index (χ4n) is 2.41. The van der Waals surface area contributed by atoms with Crippen LogP contribution in [-0.2, 0) is 0 Å². The van der Waals surface area contributed by atoms with Gasteiger partial charge >= 0.3 is 5.63 Å². The summed E-state index contributed by atoms with van der Waals surface area (Å²) in [6.07, 6.45) is 0. The van der Waals surface area contributed by atoms with Crippen molar-refractivity contribution in [1.29, 1.82) is 0 Å². The molecule has 6 heteroatoms. The van der Waals surface area contributed by atoms with Crippen LogP contribution in [0.4, 0.5) is 11.4 Å². The molecule has 0 unspecified atom stereocenters. The van der Waals surface area contributed by atoms with E-state index in [1.165, 1.54) is 0 Å². The third-order valence-electron chi connectivity index (χ3n) is 3.51. The summed E-state index contributed by atoms with van der Waals surface area (Å²) in [6.45, 7) is 2.51. The summed E-state index contributed by atoms with van der Waals surface area (Å²) in [5, 5.41) is 7.03. The number of carbonyl (C=O) groups is 1. The van der Waals surface area contributed by atoms with Gasteiger partial charge in [0.25, 0.3) is 5.91 Å². The van der Waals surface area contributed by atoms with Crippen molar-refractivity contribution in [2.45, 2.75) is 6.92 Å². The van der Waals surface area contributed by atoms with E-state index in [2.05, 4.69) is 10.6 Å². The van der Waals surface area contributed by atoms with Crippen LogP contribution < -0.4 is 16.3 Å². The SMILES string of the molecule is CCNc1c(NC(=O)c2ccc(Cl)cc2)c(=O)oc2ccccc12. The molecule has 3 aromatic rings. The fraction of sp³-hybridized carbons (Fsp3) is 0.111. The Labute approximate surface area is 143 Å². The molecule has 0 saturated carbocycles. The smallest absolute Gasteiger partial charge is 0.362 e. The van der Waals surface area contributed by atoms with E-state index in [1.54, 1.807) is 36.4 Å². The monoisotopic (exact) mass is 342 g/mol. The number of para-hydroxylation sites is 1. The molecule has 0 aliphatic rings. The molecule has 0 bridgehead atoms. The van der Waals surface area contributed by atoms with Gasteiger partial charge in [0.2, 0.25) is 0 Å². The first-order valence-electron chi connectivity index (χ1n) is 7.46. The number of carbonyl (C=O) groups excluding carboxylic acids is 1. The Morgan fingerprint density at radius 1 is 1.08 bits per heavy atom. The first-order chi connectivity index (χ1) is 11.6. The Morgan fingerprint density at radius 3 is 2.50 bits per heavy atom. The van der Waals surface area contributed by atoms with Crippen molar-refractivity contribution in [3.63, 3.8) is 0 Å². The Hall–Kier alpha value is -2.79. The van der Waals surface area contributed by atoms with E-state index in [4.69, 9.17) is 16.0 Å². The second kappa shape index (κ2) is 6.76. The Bertz CT molecular complexity index is 949. The molecule has 0 aliphatic carbocycles. The topological polar surface area (TPSA) is 71.3 Å². The minimum absolute atomic E-state index is 0.0931. The van der Waals surface area contributed by atoms with Gasteiger partial charge in [0.05, 0.1) is 5.69 Å². The predicted molar refractivity (Wildman–Crippen MR) is 96.1 cm³/mol. The van der Waals surface area contributed by atoms with Crippen molar-refractivity contribution < 1.29 is 9.21 Å². The summed E-state index contributed by atoms with van der Waals surface area (Å²) in [4.78, 5) is 24.7. The number of amides is 1. The van der Waals surface area contributed by atoms with Crippen LogP contribution in [-0.4, -0.2) is 12.5 Å². The third kappa shape index (κ3) is 3.12. The molecule has 24 heavy (non-hydrogen) atoms. The molecule has 0 aliphatic heterocycles. The summed E-state index contributed by atoms with van der Waals surface area (Å²) in [5.41, 5.74) is 0.895. The van der Waals surface area contributed by atoms with E-state index in [0.29, 0.717) is 28.4 Å². The molecule has 0 spiro atoms. The van der Waals surface area contributed by atoms with Gasteiger partial charge < -0.3 is 15.1 Å². The van der Waals surface area contributed by atoms with Crippen LogP contribution in [0.2, 0.25) is 5.02 Å². The van der Waals surface area contributed by atoms with Gasteiger partial charge in [-0.2, -0.15) is 0 Å². The predicted octanol–water partition coefficient (Wildman–Crippen LogP) is 4.13. The minimum atomic E-state index is -0.605. The second-order valence-electron chi connectivity index (χ2n) is 5.13. The maximum Gasteiger partial charge on any atom is 0.362 e. The molecular formula is C18H15ClN2O3. The largest absolute Gasteiger partial charge is 0.421 e. The van der Waals surface area contributed by atoms with Crippen LogP contribution in [0.5, 0.6) is 0 Å². The number of halogens is 1. The van der Waals surface area contributed by atoms with Crippen molar-refractivity contribution in [3.8, 4) is 0 Å². The van der Waals surface area contributed by atoms with Crippen molar-refractivity contribution in [2.24, 2.45) is 0 Å². The highest BCUT2D eigenvalue weighted by molar-refractivity contribution is 6.30. The standard InChI is InChI=1S/C18H15ClN2O3/c1-2-20-15-13-5-3-4-6-14(13)24-18(23)16(15)21-17(22)11-7-9-12(19)10-8-11/h3-10,20H,2H2,1H3,(H,21,22).